The molecule has 0 aliphatic rings. The monoisotopic (exact) mass is 436 g/mol. The summed E-state index contributed by atoms with van der Waals surface area (Å²) in [4.78, 5) is 24.8. The van der Waals surface area contributed by atoms with Crippen molar-refractivity contribution in [2.45, 2.75) is 20.0 Å². The Hall–Kier alpha value is -3.80. The summed E-state index contributed by atoms with van der Waals surface area (Å²) >= 11 is 0. The molecule has 0 aliphatic heterocycles. The van der Waals surface area contributed by atoms with Crippen molar-refractivity contribution in [1.82, 2.24) is 0 Å². The fraction of sp³-hybridized carbons (Fsp3) is 0.154. The number of rotatable bonds is 7. The summed E-state index contributed by atoms with van der Waals surface area (Å²) in [6.07, 6.45) is -0.770. The van der Waals surface area contributed by atoms with Crippen molar-refractivity contribution in [3.05, 3.63) is 113 Å². The molecular weight excluding hydrogens is 414 g/mol. The van der Waals surface area contributed by atoms with Crippen LogP contribution in [0.4, 0.5) is 8.78 Å². The Morgan fingerprint density at radius 1 is 0.969 bits per heavy atom. The van der Waals surface area contributed by atoms with Gasteiger partial charge in [-0.05, 0) is 36.6 Å². The molecule has 0 amide bonds. The van der Waals surface area contributed by atoms with Crippen molar-refractivity contribution in [1.29, 1.82) is 0 Å². The van der Waals surface area contributed by atoms with Crippen molar-refractivity contribution in [3.63, 3.8) is 0 Å². The Morgan fingerprint density at radius 3 is 2.00 bits per heavy atom. The molecule has 0 radical (unpaired) electrons. The zero-order valence-corrected chi connectivity index (χ0v) is 17.7. The van der Waals surface area contributed by atoms with Crippen LogP contribution in [0.15, 0.2) is 73.3 Å². The molecule has 0 spiro atoms. The lowest BCUT2D eigenvalue weighted by Gasteiger charge is -2.20. The summed E-state index contributed by atoms with van der Waals surface area (Å²) in [5, 5.41) is 0. The van der Waals surface area contributed by atoms with E-state index in [9.17, 15) is 18.4 Å². The van der Waals surface area contributed by atoms with E-state index < -0.39 is 35.2 Å². The van der Waals surface area contributed by atoms with Crippen LogP contribution in [0.3, 0.4) is 0 Å². The van der Waals surface area contributed by atoms with Crippen molar-refractivity contribution < 1.29 is 27.8 Å². The van der Waals surface area contributed by atoms with Gasteiger partial charge in [-0.25, -0.2) is 18.4 Å². The van der Waals surface area contributed by atoms with Gasteiger partial charge >= 0.3 is 11.9 Å². The van der Waals surface area contributed by atoms with Gasteiger partial charge in [0.05, 0.1) is 17.7 Å². The molecule has 3 aromatic rings. The van der Waals surface area contributed by atoms with Crippen LogP contribution in [-0.4, -0.2) is 18.5 Å². The maximum atomic E-state index is 14.8. The van der Waals surface area contributed by atoms with E-state index in [0.717, 1.165) is 0 Å². The van der Waals surface area contributed by atoms with Crippen molar-refractivity contribution in [2.24, 2.45) is 0 Å². The molecule has 32 heavy (non-hydrogen) atoms. The second kappa shape index (κ2) is 10.0. The molecule has 3 aromatic carbocycles. The van der Waals surface area contributed by atoms with Crippen LogP contribution < -0.4 is 0 Å². The highest BCUT2D eigenvalue weighted by Crippen LogP contribution is 2.31. The molecule has 164 valence electrons. The van der Waals surface area contributed by atoms with Gasteiger partial charge < -0.3 is 9.47 Å². The first-order chi connectivity index (χ1) is 15.3. The number of ether oxygens (including phenoxy) is 2. The number of hydrogen-bond acceptors (Lipinski definition) is 4. The number of halogens is 2. The molecule has 0 atom stereocenters. The van der Waals surface area contributed by atoms with E-state index >= 15 is 0 Å². The largest absolute Gasteiger partial charge is 0.462 e. The fourth-order valence-corrected chi connectivity index (χ4v) is 3.35. The SMILES string of the molecule is C=C(C(=O)OC(c1ccccc1)c1ccccc1)c1c(F)cc(C(=O)OCC)c(F)c1C. The molecule has 0 bridgehead atoms. The van der Waals surface area contributed by atoms with E-state index in [1.807, 2.05) is 12.1 Å². The Balaban J connectivity index is 1.94. The van der Waals surface area contributed by atoms with E-state index in [2.05, 4.69) is 6.58 Å². The lowest BCUT2D eigenvalue weighted by molar-refractivity contribution is -0.140. The maximum Gasteiger partial charge on any atom is 0.341 e. The second-order valence-electron chi connectivity index (χ2n) is 7.03. The Kier molecular flexibility index (Phi) is 7.15. The lowest BCUT2D eigenvalue weighted by Crippen LogP contribution is -2.16. The molecule has 3 rings (SSSR count). The number of hydrogen-bond donors (Lipinski definition) is 0. The van der Waals surface area contributed by atoms with Crippen molar-refractivity contribution >= 4 is 17.5 Å². The highest BCUT2D eigenvalue weighted by atomic mass is 19.1. The molecule has 0 saturated heterocycles. The summed E-state index contributed by atoms with van der Waals surface area (Å²) in [6, 6.07) is 18.8. The molecule has 0 aliphatic carbocycles. The second-order valence-corrected chi connectivity index (χ2v) is 7.03. The van der Waals surface area contributed by atoms with Gasteiger partial charge in [0.25, 0.3) is 0 Å². The van der Waals surface area contributed by atoms with Gasteiger partial charge in [-0.15, -0.1) is 0 Å². The molecule has 0 N–H and O–H groups in total. The molecular formula is C26H22F2O4. The Labute approximate surface area is 185 Å². The molecule has 0 heterocycles. The predicted octanol–water partition coefficient (Wildman–Crippen LogP) is 5.80. The third kappa shape index (κ3) is 4.75. The lowest BCUT2D eigenvalue weighted by atomic mass is 9.97. The van der Waals surface area contributed by atoms with Crippen LogP contribution in [0, 0.1) is 18.6 Å². The summed E-state index contributed by atoms with van der Waals surface area (Å²) in [7, 11) is 0. The predicted molar refractivity (Wildman–Crippen MR) is 117 cm³/mol. The average molecular weight is 436 g/mol. The summed E-state index contributed by atoms with van der Waals surface area (Å²) in [5.74, 6) is -3.84. The zero-order valence-electron chi connectivity index (χ0n) is 17.7. The summed E-state index contributed by atoms with van der Waals surface area (Å²) < 4.78 is 40.1. The van der Waals surface area contributed by atoms with Crippen LogP contribution in [0.5, 0.6) is 0 Å². The highest BCUT2D eigenvalue weighted by molar-refractivity contribution is 6.16. The van der Waals surface area contributed by atoms with Gasteiger partial charge in [-0.2, -0.15) is 0 Å². The normalized spacial score (nSPS) is 10.7. The zero-order chi connectivity index (χ0) is 23.3. The third-order valence-electron chi connectivity index (χ3n) is 4.92. The van der Waals surface area contributed by atoms with Gasteiger partial charge in [0, 0.05) is 5.56 Å². The van der Waals surface area contributed by atoms with Gasteiger partial charge in [0.15, 0.2) is 6.10 Å². The minimum absolute atomic E-state index is 0.0140. The minimum atomic E-state index is -0.986. The first kappa shape index (κ1) is 22.9. The van der Waals surface area contributed by atoms with Crippen LogP contribution in [0.2, 0.25) is 0 Å². The van der Waals surface area contributed by atoms with Gasteiger partial charge in [-0.1, -0.05) is 67.2 Å². The standard InChI is InChI=1S/C26H22F2O4/c1-4-31-26(30)20-15-21(27)22(16(2)23(20)28)17(3)25(29)32-24(18-11-7-5-8-12-18)19-13-9-6-10-14-19/h5-15,24H,3-4H2,1-2H3. The van der Waals surface area contributed by atoms with Crippen LogP contribution >= 0.6 is 0 Å². The van der Waals surface area contributed by atoms with Crippen molar-refractivity contribution in [3.8, 4) is 0 Å². The number of carbonyl (C=O) groups excluding carboxylic acids is 2. The fourth-order valence-electron chi connectivity index (χ4n) is 3.35. The van der Waals surface area contributed by atoms with Crippen LogP contribution in [0.1, 0.15) is 45.6 Å². The van der Waals surface area contributed by atoms with Crippen LogP contribution in [0.25, 0.3) is 5.57 Å². The Bertz CT molecular complexity index is 1100. The average Bonchev–Trinajstić information content (AvgIpc) is 2.81. The van der Waals surface area contributed by atoms with E-state index in [0.29, 0.717) is 17.2 Å². The molecule has 0 aromatic heterocycles. The quantitative estimate of drug-likeness (QED) is 0.347. The van der Waals surface area contributed by atoms with Gasteiger partial charge in [0.1, 0.15) is 11.6 Å². The molecule has 4 nitrogen and oxygen atoms in total. The first-order valence-electron chi connectivity index (χ1n) is 10.0. The van der Waals surface area contributed by atoms with Crippen molar-refractivity contribution in [2.75, 3.05) is 6.61 Å². The first-order valence-corrected chi connectivity index (χ1v) is 10.0. The van der Waals surface area contributed by atoms with Gasteiger partial charge in [-0.3, -0.25) is 0 Å². The van der Waals surface area contributed by atoms with Gasteiger partial charge in [0.2, 0.25) is 0 Å². The summed E-state index contributed by atoms with van der Waals surface area (Å²) in [6.45, 7) is 6.48. The number of benzene rings is 3. The Morgan fingerprint density at radius 2 is 1.50 bits per heavy atom. The van der Waals surface area contributed by atoms with Crippen LogP contribution in [-0.2, 0) is 14.3 Å². The molecule has 6 heteroatoms. The minimum Gasteiger partial charge on any atom is -0.462 e. The topological polar surface area (TPSA) is 52.6 Å². The van der Waals surface area contributed by atoms with E-state index in [-0.39, 0.29) is 23.3 Å². The number of esters is 2. The highest BCUT2D eigenvalue weighted by Gasteiger charge is 2.27. The van der Waals surface area contributed by atoms with E-state index in [4.69, 9.17) is 9.47 Å². The van der Waals surface area contributed by atoms with E-state index in [1.54, 1.807) is 55.5 Å². The smallest absolute Gasteiger partial charge is 0.341 e. The molecule has 0 fully saturated rings. The third-order valence-corrected chi connectivity index (χ3v) is 4.92. The molecule has 0 saturated carbocycles. The molecule has 0 unspecified atom stereocenters. The number of carbonyl (C=O) groups is 2. The summed E-state index contributed by atoms with van der Waals surface area (Å²) in [5.41, 5.74) is -0.0578. The maximum absolute atomic E-state index is 14.8. The van der Waals surface area contributed by atoms with E-state index in [1.165, 1.54) is 6.92 Å².